The number of terminal acetylenes is 1. The molecule has 0 N–H and O–H groups in total. The van der Waals surface area contributed by atoms with Gasteiger partial charge < -0.3 is 4.74 Å². The van der Waals surface area contributed by atoms with Gasteiger partial charge in [0.1, 0.15) is 0 Å². The standard InChI is InChI=1S/C19H30O2S/c1-7-14-22-18(20)15-17(3)11-8-10-16(2)12-9-13-19(4,5)21-6/h1,8,11,15-16H,9-10,12-14H2,2-6H3/b11-8+,17-15+. The Kier molecular flexibility index (Phi) is 11.1. The maximum atomic E-state index is 11.5. The summed E-state index contributed by atoms with van der Waals surface area (Å²) < 4.78 is 5.43. The van der Waals surface area contributed by atoms with Gasteiger partial charge in [0.25, 0.3) is 0 Å². The van der Waals surface area contributed by atoms with E-state index in [-0.39, 0.29) is 10.7 Å². The van der Waals surface area contributed by atoms with Crippen molar-refractivity contribution >= 4 is 16.9 Å². The maximum absolute atomic E-state index is 11.5. The van der Waals surface area contributed by atoms with Gasteiger partial charge in [-0.1, -0.05) is 49.6 Å². The van der Waals surface area contributed by atoms with Gasteiger partial charge in [-0.3, -0.25) is 4.79 Å². The number of thioether (sulfide) groups is 1. The van der Waals surface area contributed by atoms with Crippen molar-refractivity contribution in [1.82, 2.24) is 0 Å². The zero-order valence-corrected chi connectivity index (χ0v) is 15.5. The Morgan fingerprint density at radius 3 is 2.73 bits per heavy atom. The third-order valence-corrected chi connectivity index (χ3v) is 4.30. The van der Waals surface area contributed by atoms with Crippen LogP contribution in [0.1, 0.15) is 53.4 Å². The normalized spacial score (nSPS) is 14.1. The van der Waals surface area contributed by atoms with Gasteiger partial charge in [-0.25, -0.2) is 0 Å². The molecule has 0 spiro atoms. The molecular weight excluding hydrogens is 292 g/mol. The molecule has 2 nitrogen and oxygen atoms in total. The summed E-state index contributed by atoms with van der Waals surface area (Å²) in [5.74, 6) is 3.52. The van der Waals surface area contributed by atoms with E-state index in [1.165, 1.54) is 12.8 Å². The minimum Gasteiger partial charge on any atom is -0.379 e. The van der Waals surface area contributed by atoms with E-state index in [4.69, 9.17) is 11.2 Å². The first kappa shape index (κ1) is 21.0. The Morgan fingerprint density at radius 2 is 2.14 bits per heavy atom. The molecule has 1 unspecified atom stereocenters. The third kappa shape index (κ3) is 11.7. The van der Waals surface area contributed by atoms with Crippen molar-refractivity contribution in [3.05, 3.63) is 23.8 Å². The Labute approximate surface area is 140 Å². The summed E-state index contributed by atoms with van der Waals surface area (Å²) in [5.41, 5.74) is 0.952. The number of hydrogen-bond acceptors (Lipinski definition) is 3. The molecule has 0 aliphatic carbocycles. The van der Waals surface area contributed by atoms with Gasteiger partial charge in [0.05, 0.1) is 11.4 Å². The number of allylic oxidation sites excluding steroid dienone is 3. The average Bonchev–Trinajstić information content (AvgIpc) is 2.44. The van der Waals surface area contributed by atoms with Gasteiger partial charge in [0, 0.05) is 7.11 Å². The molecule has 0 rings (SSSR count). The Hall–Kier alpha value is -0.980. The number of carbonyl (C=O) groups excluding carboxylic acids is 1. The molecule has 124 valence electrons. The second-order valence-corrected chi connectivity index (χ2v) is 7.28. The highest BCUT2D eigenvalue weighted by atomic mass is 32.2. The smallest absolute Gasteiger partial charge is 0.213 e. The monoisotopic (exact) mass is 322 g/mol. The molecule has 0 radical (unpaired) electrons. The third-order valence-electron chi connectivity index (χ3n) is 3.59. The van der Waals surface area contributed by atoms with Crippen LogP contribution in [0.2, 0.25) is 0 Å². The quantitative estimate of drug-likeness (QED) is 0.321. The van der Waals surface area contributed by atoms with Crippen molar-refractivity contribution < 1.29 is 9.53 Å². The highest BCUT2D eigenvalue weighted by Crippen LogP contribution is 2.20. The van der Waals surface area contributed by atoms with Crippen molar-refractivity contribution in [1.29, 1.82) is 0 Å². The Bertz CT molecular complexity index is 427. The average molecular weight is 323 g/mol. The molecule has 22 heavy (non-hydrogen) atoms. The summed E-state index contributed by atoms with van der Waals surface area (Å²) in [6.45, 7) is 8.45. The number of methoxy groups -OCH3 is 1. The lowest BCUT2D eigenvalue weighted by atomic mass is 9.95. The summed E-state index contributed by atoms with van der Waals surface area (Å²) in [6, 6.07) is 0. The number of rotatable bonds is 10. The molecule has 1 atom stereocenters. The van der Waals surface area contributed by atoms with Crippen LogP contribution in [-0.4, -0.2) is 23.6 Å². The molecule has 0 aliphatic rings. The predicted molar refractivity (Wildman–Crippen MR) is 97.9 cm³/mol. The van der Waals surface area contributed by atoms with Crippen LogP contribution < -0.4 is 0 Å². The molecule has 3 heteroatoms. The SMILES string of the molecule is C#CCSC(=O)/C=C(C)/C=C/CC(C)CCCC(C)(C)OC. The first-order chi connectivity index (χ1) is 10.3. The van der Waals surface area contributed by atoms with Crippen molar-refractivity contribution in [2.24, 2.45) is 5.92 Å². The fourth-order valence-corrected chi connectivity index (χ4v) is 2.47. The van der Waals surface area contributed by atoms with Crippen LogP contribution in [0.4, 0.5) is 0 Å². The van der Waals surface area contributed by atoms with Crippen molar-refractivity contribution in [2.45, 2.75) is 59.0 Å². The topological polar surface area (TPSA) is 26.3 Å². The van der Waals surface area contributed by atoms with Crippen LogP contribution in [0.5, 0.6) is 0 Å². The van der Waals surface area contributed by atoms with Crippen LogP contribution in [-0.2, 0) is 9.53 Å². The second-order valence-electron chi connectivity index (χ2n) is 6.30. The highest BCUT2D eigenvalue weighted by Gasteiger charge is 2.15. The van der Waals surface area contributed by atoms with Crippen LogP contribution in [0.15, 0.2) is 23.8 Å². The molecule has 0 aromatic carbocycles. The molecule has 0 aromatic rings. The van der Waals surface area contributed by atoms with Gasteiger partial charge in [0.15, 0.2) is 0 Å². The van der Waals surface area contributed by atoms with Crippen LogP contribution >= 0.6 is 11.8 Å². The fraction of sp³-hybridized carbons (Fsp3) is 0.632. The molecule has 0 aliphatic heterocycles. The summed E-state index contributed by atoms with van der Waals surface area (Å²) in [6.07, 6.45) is 15.4. The molecular formula is C19H30O2S. The Balaban J connectivity index is 4.03. The van der Waals surface area contributed by atoms with E-state index in [2.05, 4.69) is 32.8 Å². The minimum atomic E-state index is -0.0225. The van der Waals surface area contributed by atoms with Gasteiger partial charge in [-0.2, -0.15) is 0 Å². The lowest BCUT2D eigenvalue weighted by Gasteiger charge is -2.23. The summed E-state index contributed by atoms with van der Waals surface area (Å²) >= 11 is 1.16. The lowest BCUT2D eigenvalue weighted by molar-refractivity contribution is -0.107. The highest BCUT2D eigenvalue weighted by molar-refractivity contribution is 8.14. The summed E-state index contributed by atoms with van der Waals surface area (Å²) in [5, 5.41) is 0.0231. The van der Waals surface area contributed by atoms with Crippen LogP contribution in [0.25, 0.3) is 0 Å². The van der Waals surface area contributed by atoms with E-state index >= 15 is 0 Å². The predicted octanol–water partition coefficient (Wildman–Crippen LogP) is 5.00. The molecule has 0 aromatic heterocycles. The first-order valence-electron chi connectivity index (χ1n) is 7.81. The van der Waals surface area contributed by atoms with Gasteiger partial charge in [0.2, 0.25) is 5.12 Å². The number of hydrogen-bond donors (Lipinski definition) is 0. The van der Waals surface area contributed by atoms with Crippen LogP contribution in [0.3, 0.4) is 0 Å². The second kappa shape index (κ2) is 11.6. The first-order valence-corrected chi connectivity index (χ1v) is 8.79. The molecule has 0 fully saturated rings. The van der Waals surface area contributed by atoms with E-state index in [1.54, 1.807) is 13.2 Å². The summed E-state index contributed by atoms with van der Waals surface area (Å²) in [4.78, 5) is 11.5. The largest absolute Gasteiger partial charge is 0.379 e. The van der Waals surface area contributed by atoms with Gasteiger partial charge >= 0.3 is 0 Å². The Morgan fingerprint density at radius 1 is 1.45 bits per heavy atom. The fourth-order valence-electron chi connectivity index (χ4n) is 1.97. The van der Waals surface area contributed by atoms with E-state index in [0.717, 1.165) is 30.2 Å². The van der Waals surface area contributed by atoms with Gasteiger partial charge in [-0.15, -0.1) is 6.42 Å². The maximum Gasteiger partial charge on any atom is 0.213 e. The van der Waals surface area contributed by atoms with Gasteiger partial charge in [-0.05, 0) is 51.2 Å². The van der Waals surface area contributed by atoms with Crippen molar-refractivity contribution in [2.75, 3.05) is 12.9 Å². The van der Waals surface area contributed by atoms with Crippen molar-refractivity contribution in [3.8, 4) is 12.3 Å². The molecule has 0 saturated carbocycles. The number of carbonyl (C=O) groups is 1. The molecule has 0 amide bonds. The molecule has 0 saturated heterocycles. The molecule has 0 heterocycles. The summed E-state index contributed by atoms with van der Waals surface area (Å²) in [7, 11) is 1.77. The van der Waals surface area contributed by atoms with E-state index in [9.17, 15) is 4.79 Å². The lowest BCUT2D eigenvalue weighted by Crippen LogP contribution is -2.22. The van der Waals surface area contributed by atoms with Crippen LogP contribution in [0, 0.1) is 18.3 Å². The van der Waals surface area contributed by atoms with E-state index in [0.29, 0.717) is 11.7 Å². The van der Waals surface area contributed by atoms with E-state index in [1.807, 2.05) is 13.0 Å². The zero-order valence-electron chi connectivity index (χ0n) is 14.6. The van der Waals surface area contributed by atoms with Crippen molar-refractivity contribution in [3.63, 3.8) is 0 Å². The minimum absolute atomic E-state index is 0.0225. The zero-order chi connectivity index (χ0) is 17.0. The molecule has 0 bridgehead atoms. The number of ether oxygens (including phenoxy) is 1. The van der Waals surface area contributed by atoms with E-state index < -0.39 is 0 Å².